The van der Waals surface area contributed by atoms with Crippen LogP contribution in [0.2, 0.25) is 10.0 Å². The molecule has 0 aromatic heterocycles. The van der Waals surface area contributed by atoms with E-state index in [2.05, 4.69) is 0 Å². The number of nitrogens with zero attached hydrogens (tertiary/aromatic N) is 1. The van der Waals surface area contributed by atoms with Crippen molar-refractivity contribution in [2.45, 2.75) is 19.0 Å². The average molecular weight is 554 g/mol. The molecular weight excluding hydrogens is 529 g/mol. The first-order chi connectivity index (χ1) is 18.9. The highest BCUT2D eigenvalue weighted by atomic mass is 35.5. The SMILES string of the molecule is O=C(O)[C@H](Cc1ccc(-c2ccccc2)cc1)N(Cc1cccc2ccccc12)C(=O)c1cc(Cl)cc(Cl)c1. The zero-order valence-corrected chi connectivity index (χ0v) is 22.4. The van der Waals surface area contributed by atoms with E-state index in [0.29, 0.717) is 10.0 Å². The maximum Gasteiger partial charge on any atom is 0.326 e. The molecule has 194 valence electrons. The normalized spacial score (nSPS) is 11.7. The molecule has 0 radical (unpaired) electrons. The number of rotatable bonds is 8. The van der Waals surface area contributed by atoms with Crippen molar-refractivity contribution in [3.8, 4) is 11.1 Å². The van der Waals surface area contributed by atoms with Crippen LogP contribution < -0.4 is 0 Å². The van der Waals surface area contributed by atoms with Crippen LogP contribution >= 0.6 is 23.2 Å². The average Bonchev–Trinajstić information content (AvgIpc) is 2.95. The molecule has 0 bridgehead atoms. The summed E-state index contributed by atoms with van der Waals surface area (Å²) in [5.41, 5.74) is 3.99. The molecule has 0 saturated heterocycles. The van der Waals surface area contributed by atoms with Gasteiger partial charge in [-0.3, -0.25) is 4.79 Å². The topological polar surface area (TPSA) is 57.6 Å². The summed E-state index contributed by atoms with van der Waals surface area (Å²) >= 11 is 12.4. The molecule has 5 aromatic carbocycles. The first kappa shape index (κ1) is 26.5. The van der Waals surface area contributed by atoms with E-state index in [0.717, 1.165) is 33.0 Å². The predicted molar refractivity (Wildman–Crippen MR) is 157 cm³/mol. The van der Waals surface area contributed by atoms with Gasteiger partial charge in [-0.05, 0) is 51.2 Å². The van der Waals surface area contributed by atoms with Gasteiger partial charge in [0.15, 0.2) is 0 Å². The second-order valence-corrected chi connectivity index (χ2v) is 10.2. The lowest BCUT2D eigenvalue weighted by Crippen LogP contribution is -2.46. The summed E-state index contributed by atoms with van der Waals surface area (Å²) in [6.45, 7) is 0.101. The number of carbonyl (C=O) groups is 2. The van der Waals surface area contributed by atoms with Gasteiger partial charge in [0.05, 0.1) is 0 Å². The molecule has 0 aliphatic carbocycles. The molecule has 5 rings (SSSR count). The van der Waals surface area contributed by atoms with Crippen molar-refractivity contribution in [3.05, 3.63) is 142 Å². The number of carboxylic acids is 1. The van der Waals surface area contributed by atoms with Gasteiger partial charge in [-0.15, -0.1) is 0 Å². The molecule has 0 saturated carbocycles. The fraction of sp³-hybridized carbons (Fsp3) is 0.0909. The summed E-state index contributed by atoms with van der Waals surface area (Å²) < 4.78 is 0. The van der Waals surface area contributed by atoms with Gasteiger partial charge in [0.25, 0.3) is 5.91 Å². The van der Waals surface area contributed by atoms with Crippen LogP contribution in [0.4, 0.5) is 0 Å². The fourth-order valence-corrected chi connectivity index (χ4v) is 5.32. The second kappa shape index (κ2) is 11.7. The van der Waals surface area contributed by atoms with Gasteiger partial charge >= 0.3 is 5.97 Å². The van der Waals surface area contributed by atoms with Gasteiger partial charge in [-0.2, -0.15) is 0 Å². The Morgan fingerprint density at radius 3 is 2.03 bits per heavy atom. The van der Waals surface area contributed by atoms with E-state index in [1.54, 1.807) is 0 Å². The molecule has 39 heavy (non-hydrogen) atoms. The van der Waals surface area contributed by atoms with Crippen LogP contribution in [-0.2, 0) is 17.8 Å². The minimum absolute atomic E-state index is 0.101. The van der Waals surface area contributed by atoms with Crippen LogP contribution in [0, 0.1) is 0 Å². The number of hydrogen-bond acceptors (Lipinski definition) is 2. The van der Waals surface area contributed by atoms with Crippen molar-refractivity contribution >= 4 is 45.9 Å². The Morgan fingerprint density at radius 2 is 1.33 bits per heavy atom. The van der Waals surface area contributed by atoms with Gasteiger partial charge in [0.2, 0.25) is 0 Å². The molecular formula is C33H25Cl2NO3. The van der Waals surface area contributed by atoms with Crippen molar-refractivity contribution in [1.29, 1.82) is 0 Å². The zero-order chi connectivity index (χ0) is 27.4. The van der Waals surface area contributed by atoms with Gasteiger partial charge in [-0.25, -0.2) is 4.79 Å². The number of amides is 1. The van der Waals surface area contributed by atoms with Crippen LogP contribution in [0.15, 0.2) is 115 Å². The number of benzene rings is 5. The van der Waals surface area contributed by atoms with E-state index in [1.807, 2.05) is 97.1 Å². The Bertz CT molecular complexity index is 1610. The van der Waals surface area contributed by atoms with Crippen molar-refractivity contribution in [2.75, 3.05) is 0 Å². The summed E-state index contributed by atoms with van der Waals surface area (Å²) in [6, 6.07) is 34.8. The quantitative estimate of drug-likeness (QED) is 0.211. The summed E-state index contributed by atoms with van der Waals surface area (Å²) in [7, 11) is 0. The third-order valence-electron chi connectivity index (χ3n) is 6.74. The number of halogens is 2. The zero-order valence-electron chi connectivity index (χ0n) is 20.9. The molecule has 0 heterocycles. The summed E-state index contributed by atoms with van der Waals surface area (Å²) in [6.07, 6.45) is 0.134. The van der Waals surface area contributed by atoms with Crippen LogP contribution in [0.1, 0.15) is 21.5 Å². The van der Waals surface area contributed by atoms with E-state index >= 15 is 0 Å². The molecule has 1 N–H and O–H groups in total. The fourth-order valence-electron chi connectivity index (χ4n) is 4.80. The maximum absolute atomic E-state index is 13.9. The lowest BCUT2D eigenvalue weighted by molar-refractivity contribution is -0.142. The standard InChI is InChI=1S/C33H25Cl2NO3/c34-28-18-27(19-29(35)20-28)32(37)36(21-26-11-6-10-25-9-4-5-12-30(25)26)31(33(38)39)17-22-13-15-24(16-14-22)23-7-2-1-3-8-23/h1-16,18-20,31H,17,21H2,(H,38,39)/t31-/m0/s1. The smallest absolute Gasteiger partial charge is 0.326 e. The highest BCUT2D eigenvalue weighted by Gasteiger charge is 2.31. The molecule has 6 heteroatoms. The van der Waals surface area contributed by atoms with Gasteiger partial charge in [-0.1, -0.05) is 120 Å². The predicted octanol–water partition coefficient (Wildman–Crippen LogP) is 8.15. The Balaban J connectivity index is 1.52. The molecule has 0 aliphatic rings. The van der Waals surface area contributed by atoms with E-state index in [1.165, 1.54) is 23.1 Å². The second-order valence-electron chi connectivity index (χ2n) is 9.35. The van der Waals surface area contributed by atoms with E-state index in [4.69, 9.17) is 23.2 Å². The number of carbonyl (C=O) groups excluding carboxylic acids is 1. The summed E-state index contributed by atoms with van der Waals surface area (Å²) in [5.74, 6) is -1.55. The van der Waals surface area contributed by atoms with Gasteiger partial charge < -0.3 is 10.0 Å². The highest BCUT2D eigenvalue weighted by Crippen LogP contribution is 2.26. The van der Waals surface area contributed by atoms with E-state index < -0.39 is 17.9 Å². The number of carboxylic acid groups (broad SMARTS) is 1. The molecule has 1 amide bonds. The molecule has 5 aromatic rings. The molecule has 4 nitrogen and oxygen atoms in total. The van der Waals surface area contributed by atoms with Crippen LogP contribution in [0.25, 0.3) is 21.9 Å². The van der Waals surface area contributed by atoms with Crippen molar-refractivity contribution in [2.24, 2.45) is 0 Å². The van der Waals surface area contributed by atoms with E-state index in [9.17, 15) is 14.7 Å². The van der Waals surface area contributed by atoms with Crippen LogP contribution in [0.3, 0.4) is 0 Å². The van der Waals surface area contributed by atoms with Crippen LogP contribution in [-0.4, -0.2) is 27.9 Å². The number of aliphatic carboxylic acids is 1. The van der Waals surface area contributed by atoms with Crippen molar-refractivity contribution in [3.63, 3.8) is 0 Å². The van der Waals surface area contributed by atoms with Crippen molar-refractivity contribution < 1.29 is 14.7 Å². The maximum atomic E-state index is 13.9. The van der Waals surface area contributed by atoms with Crippen molar-refractivity contribution in [1.82, 2.24) is 4.90 Å². The van der Waals surface area contributed by atoms with Gasteiger partial charge in [0.1, 0.15) is 6.04 Å². The lowest BCUT2D eigenvalue weighted by atomic mass is 9.98. The minimum Gasteiger partial charge on any atom is -0.480 e. The Morgan fingerprint density at radius 1 is 0.718 bits per heavy atom. The molecule has 0 spiro atoms. The Kier molecular flexibility index (Phi) is 7.97. The summed E-state index contributed by atoms with van der Waals surface area (Å²) in [4.78, 5) is 28.0. The van der Waals surface area contributed by atoms with Gasteiger partial charge in [0, 0.05) is 28.6 Å². The monoisotopic (exact) mass is 553 g/mol. The third kappa shape index (κ3) is 6.14. The van der Waals surface area contributed by atoms with Crippen LogP contribution in [0.5, 0.6) is 0 Å². The third-order valence-corrected chi connectivity index (χ3v) is 7.18. The number of fused-ring (bicyclic) bond motifs is 1. The molecule has 1 atom stereocenters. The first-order valence-corrected chi connectivity index (χ1v) is 13.3. The highest BCUT2D eigenvalue weighted by molar-refractivity contribution is 6.35. The Labute approximate surface area is 237 Å². The number of hydrogen-bond donors (Lipinski definition) is 1. The summed E-state index contributed by atoms with van der Waals surface area (Å²) in [5, 5.41) is 13.0. The minimum atomic E-state index is -1.13. The largest absolute Gasteiger partial charge is 0.480 e. The Hall–Kier alpha value is -4.12. The lowest BCUT2D eigenvalue weighted by Gasteiger charge is -2.30. The van der Waals surface area contributed by atoms with E-state index in [-0.39, 0.29) is 18.5 Å². The molecule has 0 aliphatic heterocycles. The first-order valence-electron chi connectivity index (χ1n) is 12.5. The molecule has 0 unspecified atom stereocenters. The molecule has 0 fully saturated rings.